The van der Waals surface area contributed by atoms with Crippen molar-refractivity contribution < 1.29 is 19.4 Å². The molecular formula is C22H34N4O4. The monoisotopic (exact) mass is 418 g/mol. The van der Waals surface area contributed by atoms with Crippen LogP contribution in [0.2, 0.25) is 0 Å². The zero-order valence-electron chi connectivity index (χ0n) is 17.8. The molecule has 30 heavy (non-hydrogen) atoms. The molecule has 4 N–H and O–H groups in total. The smallest absolute Gasteiger partial charge is 0.251 e. The van der Waals surface area contributed by atoms with E-state index in [0.29, 0.717) is 37.6 Å². The molecule has 1 saturated heterocycles. The number of aliphatic hydroxyl groups is 1. The van der Waals surface area contributed by atoms with Gasteiger partial charge in [-0.2, -0.15) is 0 Å². The molecule has 0 unspecified atom stereocenters. The standard InChI is InChI=1S/C22H34N4O4/c1-16(27)25-11-13-26(14-12-25)20-5-2-4-19(21(20)28)24-22(29)17-6-8-18(9-7-17)30-15-3-10-23/h6-9,19-21,28H,2-5,10-15,23H2,1H3,(H,24,29)/t19-,20-,21-/m1/s1. The number of nitrogens with two attached hydrogens (primary N) is 1. The highest BCUT2D eigenvalue weighted by Gasteiger charge is 2.37. The van der Waals surface area contributed by atoms with Crippen molar-refractivity contribution in [1.82, 2.24) is 15.1 Å². The minimum absolute atomic E-state index is 0.0106. The second-order valence-corrected chi connectivity index (χ2v) is 8.13. The Morgan fingerprint density at radius 2 is 1.87 bits per heavy atom. The van der Waals surface area contributed by atoms with E-state index in [1.165, 1.54) is 0 Å². The van der Waals surface area contributed by atoms with Gasteiger partial charge in [0.2, 0.25) is 5.91 Å². The third-order valence-electron chi connectivity index (χ3n) is 6.10. The molecule has 2 amide bonds. The molecule has 2 fully saturated rings. The normalized spacial score (nSPS) is 25.0. The predicted octanol–water partition coefficient (Wildman–Crippen LogP) is 0.590. The van der Waals surface area contributed by atoms with Crippen molar-refractivity contribution >= 4 is 11.8 Å². The van der Waals surface area contributed by atoms with Gasteiger partial charge >= 0.3 is 0 Å². The lowest BCUT2D eigenvalue weighted by atomic mass is 9.86. The first-order valence-corrected chi connectivity index (χ1v) is 10.9. The molecule has 0 spiro atoms. The Kier molecular flexibility index (Phi) is 8.07. The number of benzene rings is 1. The molecule has 1 heterocycles. The first kappa shape index (κ1) is 22.5. The fraction of sp³-hybridized carbons (Fsp3) is 0.636. The molecule has 3 rings (SSSR count). The number of nitrogens with one attached hydrogen (secondary N) is 1. The minimum Gasteiger partial charge on any atom is -0.494 e. The van der Waals surface area contributed by atoms with Crippen molar-refractivity contribution in [3.05, 3.63) is 29.8 Å². The topological polar surface area (TPSA) is 108 Å². The molecular weight excluding hydrogens is 384 g/mol. The van der Waals surface area contributed by atoms with Crippen LogP contribution >= 0.6 is 0 Å². The Labute approximate surface area is 178 Å². The van der Waals surface area contributed by atoms with E-state index in [1.807, 2.05) is 4.90 Å². The number of hydrogen-bond acceptors (Lipinski definition) is 6. The van der Waals surface area contributed by atoms with Crippen molar-refractivity contribution in [2.45, 2.75) is 50.8 Å². The predicted molar refractivity (Wildman–Crippen MR) is 114 cm³/mol. The summed E-state index contributed by atoms with van der Waals surface area (Å²) >= 11 is 0. The number of rotatable bonds is 7. The molecule has 166 valence electrons. The van der Waals surface area contributed by atoms with Gasteiger partial charge in [-0.25, -0.2) is 0 Å². The van der Waals surface area contributed by atoms with E-state index in [9.17, 15) is 14.7 Å². The van der Waals surface area contributed by atoms with Crippen LogP contribution in [0.3, 0.4) is 0 Å². The van der Waals surface area contributed by atoms with Crippen LogP contribution in [-0.4, -0.2) is 84.2 Å². The number of ether oxygens (including phenoxy) is 1. The van der Waals surface area contributed by atoms with Crippen LogP contribution < -0.4 is 15.8 Å². The van der Waals surface area contributed by atoms with Crippen LogP contribution in [0.5, 0.6) is 5.75 Å². The van der Waals surface area contributed by atoms with Gasteiger partial charge in [-0.1, -0.05) is 0 Å². The Balaban J connectivity index is 1.53. The van der Waals surface area contributed by atoms with Gasteiger partial charge in [-0.3, -0.25) is 14.5 Å². The molecule has 0 bridgehead atoms. The fourth-order valence-corrected chi connectivity index (χ4v) is 4.31. The lowest BCUT2D eigenvalue weighted by Gasteiger charge is -2.45. The maximum absolute atomic E-state index is 12.7. The second kappa shape index (κ2) is 10.7. The Morgan fingerprint density at radius 3 is 2.50 bits per heavy atom. The average molecular weight is 419 g/mol. The number of hydrogen-bond donors (Lipinski definition) is 3. The van der Waals surface area contributed by atoms with Crippen molar-refractivity contribution in [1.29, 1.82) is 0 Å². The van der Waals surface area contributed by atoms with Crippen LogP contribution in [0, 0.1) is 0 Å². The lowest BCUT2D eigenvalue weighted by Crippen LogP contribution is -2.60. The summed E-state index contributed by atoms with van der Waals surface area (Å²) in [4.78, 5) is 28.3. The zero-order valence-corrected chi connectivity index (χ0v) is 17.8. The summed E-state index contributed by atoms with van der Waals surface area (Å²) < 4.78 is 5.57. The van der Waals surface area contributed by atoms with Crippen LogP contribution in [0.1, 0.15) is 43.0 Å². The van der Waals surface area contributed by atoms with Gasteiger partial charge in [0, 0.05) is 44.7 Å². The van der Waals surface area contributed by atoms with E-state index in [4.69, 9.17) is 10.5 Å². The highest BCUT2D eigenvalue weighted by molar-refractivity contribution is 5.94. The molecule has 1 aliphatic carbocycles. The quantitative estimate of drug-likeness (QED) is 0.560. The van der Waals surface area contributed by atoms with Gasteiger partial charge in [0.15, 0.2) is 0 Å². The summed E-state index contributed by atoms with van der Waals surface area (Å²) in [5, 5.41) is 14.0. The lowest BCUT2D eigenvalue weighted by molar-refractivity contribution is -0.131. The number of carbonyl (C=O) groups excluding carboxylic acids is 2. The molecule has 3 atom stereocenters. The number of aliphatic hydroxyl groups excluding tert-OH is 1. The first-order chi connectivity index (χ1) is 14.5. The van der Waals surface area contributed by atoms with Crippen molar-refractivity contribution in [2.24, 2.45) is 5.73 Å². The van der Waals surface area contributed by atoms with Crippen molar-refractivity contribution in [3.8, 4) is 5.75 Å². The first-order valence-electron chi connectivity index (χ1n) is 10.9. The van der Waals surface area contributed by atoms with Gasteiger partial charge < -0.3 is 25.8 Å². The van der Waals surface area contributed by atoms with Gasteiger partial charge in [-0.15, -0.1) is 0 Å². The van der Waals surface area contributed by atoms with Crippen LogP contribution in [0.15, 0.2) is 24.3 Å². The van der Waals surface area contributed by atoms with E-state index in [-0.39, 0.29) is 23.9 Å². The third kappa shape index (κ3) is 5.71. The number of piperazine rings is 1. The molecule has 8 nitrogen and oxygen atoms in total. The van der Waals surface area contributed by atoms with Crippen LogP contribution in [0.25, 0.3) is 0 Å². The highest BCUT2D eigenvalue weighted by atomic mass is 16.5. The maximum atomic E-state index is 12.7. The Morgan fingerprint density at radius 1 is 1.17 bits per heavy atom. The van der Waals surface area contributed by atoms with Crippen molar-refractivity contribution in [3.63, 3.8) is 0 Å². The molecule has 1 saturated carbocycles. The largest absolute Gasteiger partial charge is 0.494 e. The van der Waals surface area contributed by atoms with Crippen molar-refractivity contribution in [2.75, 3.05) is 39.3 Å². The summed E-state index contributed by atoms with van der Waals surface area (Å²) in [6, 6.07) is 6.76. The van der Waals surface area contributed by atoms with Crippen LogP contribution in [0.4, 0.5) is 0 Å². The zero-order chi connectivity index (χ0) is 21.5. The minimum atomic E-state index is -0.620. The van der Waals surface area contributed by atoms with E-state index in [0.717, 1.165) is 38.8 Å². The van der Waals surface area contributed by atoms with E-state index in [1.54, 1.807) is 31.2 Å². The van der Waals surface area contributed by atoms with E-state index < -0.39 is 6.10 Å². The van der Waals surface area contributed by atoms with Gasteiger partial charge in [-0.05, 0) is 56.5 Å². The second-order valence-electron chi connectivity index (χ2n) is 8.13. The molecule has 2 aliphatic rings. The molecule has 0 radical (unpaired) electrons. The van der Waals surface area contributed by atoms with E-state index >= 15 is 0 Å². The van der Waals surface area contributed by atoms with Gasteiger partial charge in [0.1, 0.15) is 5.75 Å². The fourth-order valence-electron chi connectivity index (χ4n) is 4.31. The number of amides is 2. The molecule has 1 aromatic carbocycles. The molecule has 0 aromatic heterocycles. The summed E-state index contributed by atoms with van der Waals surface area (Å²) in [7, 11) is 0. The Hall–Kier alpha value is -2.16. The van der Waals surface area contributed by atoms with E-state index in [2.05, 4.69) is 10.2 Å². The summed E-state index contributed by atoms with van der Waals surface area (Å²) in [5.41, 5.74) is 6.01. The van der Waals surface area contributed by atoms with Crippen LogP contribution in [-0.2, 0) is 4.79 Å². The maximum Gasteiger partial charge on any atom is 0.251 e. The van der Waals surface area contributed by atoms with Gasteiger partial charge in [0.25, 0.3) is 5.91 Å². The molecule has 1 aromatic rings. The molecule has 1 aliphatic heterocycles. The summed E-state index contributed by atoms with van der Waals surface area (Å²) in [6.45, 7) is 5.62. The SMILES string of the molecule is CC(=O)N1CCN([C@@H]2CCC[C@@H](NC(=O)c3ccc(OCCCN)cc3)[C@H]2O)CC1. The molecule has 8 heteroatoms. The Bertz CT molecular complexity index is 704. The third-order valence-corrected chi connectivity index (χ3v) is 6.10. The number of nitrogens with zero attached hydrogens (tertiary/aromatic N) is 2. The highest BCUT2D eigenvalue weighted by Crippen LogP contribution is 2.25. The summed E-state index contributed by atoms with van der Waals surface area (Å²) in [6.07, 6.45) is 2.78. The van der Waals surface area contributed by atoms with Gasteiger partial charge in [0.05, 0.1) is 18.8 Å². The number of carbonyl (C=O) groups is 2. The summed E-state index contributed by atoms with van der Waals surface area (Å²) in [5.74, 6) is 0.622. The average Bonchev–Trinajstić information content (AvgIpc) is 2.76.